The molecular weight excluding hydrogens is 467 g/mol. The van der Waals surface area contributed by atoms with Gasteiger partial charge in [-0.25, -0.2) is 0 Å². The molecule has 3 aliphatic carbocycles. The maximum absolute atomic E-state index is 2.62. The van der Waals surface area contributed by atoms with Gasteiger partial charge < -0.3 is 0 Å². The van der Waals surface area contributed by atoms with Crippen LogP contribution >= 0.6 is 0 Å². The first kappa shape index (κ1) is 17.7. The fraction of sp³-hybridized carbons (Fsp3) is 0.500. The van der Waals surface area contributed by atoms with E-state index in [0.29, 0.717) is 6.34 Å². The zero-order chi connectivity index (χ0) is 18.0. The van der Waals surface area contributed by atoms with E-state index in [2.05, 4.69) is 65.8 Å². The number of hydrogen-bond acceptors (Lipinski definition) is 0. The van der Waals surface area contributed by atoms with Crippen LogP contribution in [-0.2, 0) is 38.9 Å². The Kier molecular flexibility index (Phi) is 4.19. The molecule has 3 aliphatic rings. The summed E-state index contributed by atoms with van der Waals surface area (Å²) in [7, 11) is 0. The Hall–Kier alpha value is -0.690. The molecule has 0 saturated carbocycles. The van der Waals surface area contributed by atoms with Crippen LogP contribution in [-0.4, -0.2) is 0 Å². The third-order valence-electron chi connectivity index (χ3n) is 7.51. The van der Waals surface area contributed by atoms with Crippen molar-refractivity contribution in [1.82, 2.24) is 0 Å². The summed E-state index contributed by atoms with van der Waals surface area (Å²) in [5, 5.41) is 0. The van der Waals surface area contributed by atoms with Crippen LogP contribution in [0.15, 0.2) is 40.5 Å². The van der Waals surface area contributed by atoms with Crippen molar-refractivity contribution in [3.8, 4) is 0 Å². The number of allylic oxidation sites excluding steroid dienone is 5. The second kappa shape index (κ2) is 5.91. The number of hydrogen-bond donors (Lipinski definition) is 0. The minimum absolute atomic E-state index is 0.384. The standard InChI is InChI=1S/C14H15.C10H15.Hf/c1-2-10-6-7-13-8-11-4-3-5-12(11)9-14(10)13;1-6-7(2)9(4)10(5)8(6)3;/h6-9H,2-5H2,1H3;1-5H3;. The van der Waals surface area contributed by atoms with E-state index in [0.717, 1.165) is 0 Å². The molecule has 0 saturated heterocycles. The Labute approximate surface area is 164 Å². The second-order valence-corrected chi connectivity index (χ2v) is 16.2. The molecule has 0 heterocycles. The first-order valence-electron chi connectivity index (χ1n) is 9.83. The SMILES string of the molecule is CC[C]1([Hf][C]2(C)C(C)=C(C)C(C)=C2C)C=Cc2cc3c(cc21)CCC3. The molecule has 1 unspecified atom stereocenters. The summed E-state index contributed by atoms with van der Waals surface area (Å²) in [6.07, 6.45) is 10.3. The summed E-state index contributed by atoms with van der Waals surface area (Å²) >= 11 is -1.07. The van der Waals surface area contributed by atoms with E-state index in [4.69, 9.17) is 0 Å². The molecule has 0 spiro atoms. The third-order valence-corrected chi connectivity index (χ3v) is 16.4. The van der Waals surface area contributed by atoms with E-state index >= 15 is 0 Å². The molecule has 0 fully saturated rings. The molecule has 25 heavy (non-hydrogen) atoms. The molecule has 0 bridgehead atoms. The minimum atomic E-state index is -1.07. The van der Waals surface area contributed by atoms with Crippen LogP contribution in [0.2, 0.25) is 3.17 Å². The summed E-state index contributed by atoms with van der Waals surface area (Å²) < 4.78 is 0.768. The van der Waals surface area contributed by atoms with Crippen molar-refractivity contribution in [2.75, 3.05) is 0 Å². The van der Waals surface area contributed by atoms with Crippen LogP contribution in [0.1, 0.15) is 76.6 Å². The van der Waals surface area contributed by atoms with Crippen molar-refractivity contribution in [2.24, 2.45) is 0 Å². The first-order valence-corrected chi connectivity index (χ1v) is 13.4. The summed E-state index contributed by atoms with van der Waals surface area (Å²) in [6.45, 7) is 14.5. The Bertz CT molecular complexity index is 825. The van der Waals surface area contributed by atoms with Gasteiger partial charge in [0.15, 0.2) is 0 Å². The van der Waals surface area contributed by atoms with Crippen LogP contribution in [0, 0.1) is 0 Å². The summed E-state index contributed by atoms with van der Waals surface area (Å²) in [6, 6.07) is 5.14. The van der Waals surface area contributed by atoms with Gasteiger partial charge in [0.05, 0.1) is 0 Å². The average Bonchev–Trinajstić information content (AvgIpc) is 3.24. The molecule has 1 aromatic carbocycles. The number of fused-ring (bicyclic) bond motifs is 2. The van der Waals surface area contributed by atoms with Gasteiger partial charge in [0, 0.05) is 0 Å². The zero-order valence-electron chi connectivity index (χ0n) is 16.6. The number of benzene rings is 1. The quantitative estimate of drug-likeness (QED) is 0.406. The van der Waals surface area contributed by atoms with Crippen LogP contribution in [0.3, 0.4) is 0 Å². The van der Waals surface area contributed by atoms with Crippen LogP contribution in [0.5, 0.6) is 0 Å². The Balaban J connectivity index is 1.80. The van der Waals surface area contributed by atoms with Crippen molar-refractivity contribution < 1.29 is 22.9 Å². The van der Waals surface area contributed by atoms with Crippen molar-refractivity contribution in [3.63, 3.8) is 0 Å². The predicted octanol–water partition coefficient (Wildman–Crippen LogP) is 6.75. The molecule has 0 aliphatic heterocycles. The Morgan fingerprint density at radius 3 is 2.16 bits per heavy atom. The third kappa shape index (κ3) is 2.41. The topological polar surface area (TPSA) is 0 Å². The van der Waals surface area contributed by atoms with Crippen LogP contribution < -0.4 is 0 Å². The monoisotopic (exact) mass is 498 g/mol. The van der Waals surface area contributed by atoms with Gasteiger partial charge >= 0.3 is 165 Å². The number of rotatable bonds is 3. The normalized spacial score (nSPS) is 26.5. The molecular formula is C24H30Hf. The van der Waals surface area contributed by atoms with Crippen molar-refractivity contribution in [3.05, 3.63) is 62.8 Å². The maximum atomic E-state index is 2.62. The van der Waals surface area contributed by atoms with Crippen LogP contribution in [0.4, 0.5) is 0 Å². The summed E-state index contributed by atoms with van der Waals surface area (Å²) in [4.78, 5) is 0. The van der Waals surface area contributed by atoms with Gasteiger partial charge in [0.1, 0.15) is 0 Å². The summed E-state index contributed by atoms with van der Waals surface area (Å²) in [5.41, 5.74) is 13.0. The van der Waals surface area contributed by atoms with Crippen molar-refractivity contribution in [2.45, 2.75) is 73.6 Å². The van der Waals surface area contributed by atoms with Gasteiger partial charge in [-0.05, 0) is 0 Å². The van der Waals surface area contributed by atoms with E-state index in [1.165, 1.54) is 31.2 Å². The number of aryl methyl sites for hydroxylation is 2. The molecule has 4 rings (SSSR count). The van der Waals surface area contributed by atoms with Gasteiger partial charge in [-0.2, -0.15) is 0 Å². The average molecular weight is 497 g/mol. The van der Waals surface area contributed by atoms with Gasteiger partial charge in [0.25, 0.3) is 0 Å². The zero-order valence-corrected chi connectivity index (χ0v) is 20.2. The van der Waals surface area contributed by atoms with Crippen molar-refractivity contribution in [1.29, 1.82) is 0 Å². The van der Waals surface area contributed by atoms with E-state index in [1.807, 2.05) is 0 Å². The molecule has 1 heteroatoms. The fourth-order valence-electron chi connectivity index (χ4n) is 5.22. The Morgan fingerprint density at radius 1 is 0.960 bits per heavy atom. The Morgan fingerprint density at radius 2 is 1.56 bits per heavy atom. The second-order valence-electron chi connectivity index (χ2n) is 8.47. The van der Waals surface area contributed by atoms with Gasteiger partial charge in [-0.1, -0.05) is 0 Å². The van der Waals surface area contributed by atoms with Crippen LogP contribution in [0.25, 0.3) is 6.08 Å². The van der Waals surface area contributed by atoms with E-state index < -0.39 is 22.9 Å². The first-order chi connectivity index (χ1) is 11.8. The van der Waals surface area contributed by atoms with E-state index in [1.54, 1.807) is 39.0 Å². The fourth-order valence-corrected chi connectivity index (χ4v) is 13.6. The predicted molar refractivity (Wildman–Crippen MR) is 105 cm³/mol. The molecule has 0 N–H and O–H groups in total. The molecule has 1 aromatic rings. The van der Waals surface area contributed by atoms with E-state index in [-0.39, 0.29) is 0 Å². The van der Waals surface area contributed by atoms with Crippen molar-refractivity contribution >= 4 is 6.08 Å². The molecule has 130 valence electrons. The molecule has 1 atom stereocenters. The van der Waals surface area contributed by atoms with E-state index in [9.17, 15) is 0 Å². The van der Waals surface area contributed by atoms with Gasteiger partial charge in [-0.15, -0.1) is 0 Å². The molecule has 0 nitrogen and oxygen atoms in total. The van der Waals surface area contributed by atoms with Gasteiger partial charge in [-0.3, -0.25) is 0 Å². The molecule has 0 radical (unpaired) electrons. The summed E-state index contributed by atoms with van der Waals surface area (Å²) in [5.74, 6) is 0. The van der Waals surface area contributed by atoms with Gasteiger partial charge in [0.2, 0.25) is 0 Å². The molecule has 0 aromatic heterocycles. The molecule has 0 amide bonds.